The predicted molar refractivity (Wildman–Crippen MR) is 40.1 cm³/mol. The number of carbonyl (C=O) groups is 2. The van der Waals surface area contributed by atoms with Gasteiger partial charge in [-0.05, 0) is 6.92 Å². The first-order valence-electron chi connectivity index (χ1n) is 3.13. The number of carboxylic acids is 1. The smallest absolute Gasteiger partial charge is 0.331 e. The Balaban J connectivity index is 3.91. The number of hydrogen-bond acceptors (Lipinski definition) is 2. The second-order valence-electron chi connectivity index (χ2n) is 2.24. The first-order valence-corrected chi connectivity index (χ1v) is 3.13. The largest absolute Gasteiger partial charge is 0.478 e. The second-order valence-corrected chi connectivity index (χ2v) is 2.24. The fourth-order valence-corrected chi connectivity index (χ4v) is 0.411. The quantitative estimate of drug-likeness (QED) is 0.465. The zero-order valence-corrected chi connectivity index (χ0v) is 6.57. The van der Waals surface area contributed by atoms with E-state index in [2.05, 4.69) is 0 Å². The molecule has 0 aliphatic heterocycles. The summed E-state index contributed by atoms with van der Waals surface area (Å²) in [6.45, 7) is 1.82. The van der Waals surface area contributed by atoms with Crippen molar-refractivity contribution in [3.05, 3.63) is 11.6 Å². The van der Waals surface area contributed by atoms with Crippen LogP contribution < -0.4 is 0 Å². The Labute approximate surface area is 65.1 Å². The average Bonchev–Trinajstić information content (AvgIpc) is 1.99. The lowest BCUT2D eigenvalue weighted by molar-refractivity contribution is -0.132. The summed E-state index contributed by atoms with van der Waals surface area (Å²) in [7, 11) is 1.58. The number of carbonyl (C=O) groups excluding carboxylic acids is 1. The lowest BCUT2D eigenvalue weighted by Crippen LogP contribution is -2.16. The molecule has 0 aliphatic rings. The number of amides is 1. The third-order valence-corrected chi connectivity index (χ3v) is 1.20. The first-order chi connectivity index (χ1) is 5.07. The maximum absolute atomic E-state index is 10.2. The predicted octanol–water partition coefficient (Wildman–Crippen LogP) is 0.106. The Bertz CT molecular complexity index is 186. The van der Waals surface area contributed by atoms with E-state index < -0.39 is 5.97 Å². The van der Waals surface area contributed by atoms with E-state index in [-0.39, 0.29) is 5.57 Å². The van der Waals surface area contributed by atoms with Gasteiger partial charge in [0.2, 0.25) is 6.41 Å². The lowest BCUT2D eigenvalue weighted by atomic mass is 10.3. The van der Waals surface area contributed by atoms with Gasteiger partial charge in [0, 0.05) is 19.2 Å². The van der Waals surface area contributed by atoms with Crippen LogP contribution in [0.5, 0.6) is 0 Å². The molecule has 4 heteroatoms. The standard InChI is InChI=1S/C7H11NO3/c1-6(7(10)11)3-4-8(2)5-9/h3,5H,4H2,1-2H3,(H,10,11)/b6-3+. The minimum atomic E-state index is -0.954. The van der Waals surface area contributed by atoms with E-state index in [0.29, 0.717) is 13.0 Å². The number of rotatable bonds is 4. The van der Waals surface area contributed by atoms with Gasteiger partial charge < -0.3 is 10.0 Å². The highest BCUT2D eigenvalue weighted by molar-refractivity contribution is 5.85. The van der Waals surface area contributed by atoms with Crippen LogP contribution in [0.4, 0.5) is 0 Å². The molecule has 0 aromatic heterocycles. The molecule has 0 spiro atoms. The Morgan fingerprint density at radius 1 is 1.64 bits per heavy atom. The molecule has 0 heterocycles. The molecule has 1 amide bonds. The van der Waals surface area contributed by atoms with Crippen molar-refractivity contribution in [1.29, 1.82) is 0 Å². The first kappa shape index (κ1) is 9.68. The van der Waals surface area contributed by atoms with E-state index in [1.165, 1.54) is 17.9 Å². The minimum absolute atomic E-state index is 0.249. The number of nitrogens with zero attached hydrogens (tertiary/aromatic N) is 1. The van der Waals surface area contributed by atoms with Crippen LogP contribution in [0.3, 0.4) is 0 Å². The van der Waals surface area contributed by atoms with Gasteiger partial charge in [-0.25, -0.2) is 4.79 Å². The van der Waals surface area contributed by atoms with Crippen molar-refractivity contribution in [2.75, 3.05) is 13.6 Å². The normalized spacial score (nSPS) is 10.9. The van der Waals surface area contributed by atoms with Gasteiger partial charge in [-0.1, -0.05) is 6.08 Å². The molecule has 0 radical (unpaired) electrons. The zero-order chi connectivity index (χ0) is 8.85. The maximum Gasteiger partial charge on any atom is 0.331 e. The van der Waals surface area contributed by atoms with Crippen LogP contribution in [-0.2, 0) is 9.59 Å². The van der Waals surface area contributed by atoms with Crippen LogP contribution in [0.2, 0.25) is 0 Å². The van der Waals surface area contributed by atoms with Gasteiger partial charge in [-0.15, -0.1) is 0 Å². The van der Waals surface area contributed by atoms with E-state index in [0.717, 1.165) is 0 Å². The van der Waals surface area contributed by atoms with Crippen LogP contribution in [0.1, 0.15) is 6.92 Å². The van der Waals surface area contributed by atoms with Crippen molar-refractivity contribution in [3.8, 4) is 0 Å². The van der Waals surface area contributed by atoms with E-state index in [4.69, 9.17) is 5.11 Å². The molecule has 0 atom stereocenters. The van der Waals surface area contributed by atoms with Crippen molar-refractivity contribution in [2.45, 2.75) is 6.92 Å². The molecule has 0 aliphatic carbocycles. The second kappa shape index (κ2) is 4.49. The van der Waals surface area contributed by atoms with Gasteiger partial charge in [-0.2, -0.15) is 0 Å². The van der Waals surface area contributed by atoms with Gasteiger partial charge in [-0.3, -0.25) is 4.79 Å². The van der Waals surface area contributed by atoms with Crippen LogP contribution in [0.25, 0.3) is 0 Å². The lowest BCUT2D eigenvalue weighted by Gasteiger charge is -2.05. The maximum atomic E-state index is 10.2. The molecular formula is C7H11NO3. The van der Waals surface area contributed by atoms with Gasteiger partial charge in [0.15, 0.2) is 0 Å². The molecule has 0 aromatic carbocycles. The van der Waals surface area contributed by atoms with Crippen LogP contribution in [-0.4, -0.2) is 36.0 Å². The SMILES string of the molecule is C/C(=C\CN(C)C=O)C(=O)O. The topological polar surface area (TPSA) is 57.6 Å². The average molecular weight is 157 g/mol. The third-order valence-electron chi connectivity index (χ3n) is 1.20. The van der Waals surface area contributed by atoms with E-state index in [1.807, 2.05) is 0 Å². The zero-order valence-electron chi connectivity index (χ0n) is 6.57. The Kier molecular flexibility index (Phi) is 3.95. The molecular weight excluding hydrogens is 146 g/mol. The Morgan fingerprint density at radius 2 is 2.18 bits per heavy atom. The summed E-state index contributed by atoms with van der Waals surface area (Å²) in [6, 6.07) is 0. The highest BCUT2D eigenvalue weighted by Gasteiger charge is 1.98. The van der Waals surface area contributed by atoms with Crippen molar-refractivity contribution < 1.29 is 14.7 Å². The highest BCUT2D eigenvalue weighted by Crippen LogP contribution is 1.91. The van der Waals surface area contributed by atoms with Crippen molar-refractivity contribution in [1.82, 2.24) is 4.90 Å². The third kappa shape index (κ3) is 4.13. The fraction of sp³-hybridized carbons (Fsp3) is 0.429. The number of likely N-dealkylation sites (N-methyl/N-ethyl adjacent to an activating group) is 1. The van der Waals surface area contributed by atoms with E-state index in [9.17, 15) is 9.59 Å². The molecule has 0 aromatic rings. The van der Waals surface area contributed by atoms with E-state index >= 15 is 0 Å². The summed E-state index contributed by atoms with van der Waals surface area (Å²) >= 11 is 0. The van der Waals surface area contributed by atoms with Gasteiger partial charge in [0.1, 0.15) is 0 Å². The fourth-order valence-electron chi connectivity index (χ4n) is 0.411. The number of hydrogen-bond donors (Lipinski definition) is 1. The molecule has 11 heavy (non-hydrogen) atoms. The number of aliphatic carboxylic acids is 1. The van der Waals surface area contributed by atoms with Gasteiger partial charge in [0.25, 0.3) is 0 Å². The molecule has 62 valence electrons. The molecule has 4 nitrogen and oxygen atoms in total. The molecule has 0 saturated heterocycles. The van der Waals surface area contributed by atoms with Gasteiger partial charge >= 0.3 is 5.97 Å². The minimum Gasteiger partial charge on any atom is -0.478 e. The molecule has 0 saturated carbocycles. The summed E-state index contributed by atoms with van der Waals surface area (Å²) in [5.74, 6) is -0.954. The molecule has 0 rings (SSSR count). The summed E-state index contributed by atoms with van der Waals surface area (Å²) in [5, 5.41) is 8.39. The van der Waals surface area contributed by atoms with Crippen molar-refractivity contribution >= 4 is 12.4 Å². The highest BCUT2D eigenvalue weighted by atomic mass is 16.4. The monoisotopic (exact) mass is 157 g/mol. The summed E-state index contributed by atoms with van der Waals surface area (Å²) < 4.78 is 0. The van der Waals surface area contributed by atoms with Crippen LogP contribution in [0.15, 0.2) is 11.6 Å². The Hall–Kier alpha value is -1.32. The summed E-state index contributed by atoms with van der Waals surface area (Å²) in [6.07, 6.45) is 2.13. The van der Waals surface area contributed by atoms with Crippen LogP contribution in [0, 0.1) is 0 Å². The molecule has 0 bridgehead atoms. The van der Waals surface area contributed by atoms with Crippen molar-refractivity contribution in [3.63, 3.8) is 0 Å². The van der Waals surface area contributed by atoms with E-state index in [1.54, 1.807) is 7.05 Å². The summed E-state index contributed by atoms with van der Waals surface area (Å²) in [5.41, 5.74) is 0.249. The number of carboxylic acid groups (broad SMARTS) is 1. The van der Waals surface area contributed by atoms with Gasteiger partial charge in [0.05, 0.1) is 0 Å². The Morgan fingerprint density at radius 3 is 2.55 bits per heavy atom. The van der Waals surface area contributed by atoms with Crippen molar-refractivity contribution in [2.24, 2.45) is 0 Å². The molecule has 0 unspecified atom stereocenters. The molecule has 0 fully saturated rings. The van der Waals surface area contributed by atoms with Crippen LogP contribution >= 0.6 is 0 Å². The molecule has 1 N–H and O–H groups in total. The summed E-state index contributed by atoms with van der Waals surface area (Å²) in [4.78, 5) is 21.6.